The lowest BCUT2D eigenvalue weighted by Crippen LogP contribution is -2.43. The first-order chi connectivity index (χ1) is 11.8. The molecule has 6 nitrogen and oxygen atoms in total. The molecule has 0 N–H and O–H groups in total. The van der Waals surface area contributed by atoms with Gasteiger partial charge in [0, 0.05) is 31.7 Å². The van der Waals surface area contributed by atoms with Gasteiger partial charge in [0.25, 0.3) is 5.91 Å². The number of rotatable bonds is 4. The van der Waals surface area contributed by atoms with E-state index >= 15 is 0 Å². The smallest absolute Gasteiger partial charge is 0.255 e. The van der Waals surface area contributed by atoms with Gasteiger partial charge in [-0.2, -0.15) is 5.26 Å². The number of pyridine rings is 2. The van der Waals surface area contributed by atoms with Crippen molar-refractivity contribution in [2.24, 2.45) is 0 Å². The fourth-order valence-electron chi connectivity index (χ4n) is 2.73. The molecule has 1 fully saturated rings. The molecular weight excluding hydrogens is 304 g/mol. The first-order valence-electron chi connectivity index (χ1n) is 7.92. The van der Waals surface area contributed by atoms with Gasteiger partial charge in [-0.05, 0) is 36.6 Å². The molecule has 0 unspecified atom stereocenters. The monoisotopic (exact) mass is 322 g/mol. The largest absolute Gasteiger partial charge is 0.372 e. The Morgan fingerprint density at radius 3 is 3.00 bits per heavy atom. The molecule has 0 spiro atoms. The van der Waals surface area contributed by atoms with Crippen LogP contribution in [0.1, 0.15) is 34.5 Å². The molecule has 1 saturated heterocycles. The summed E-state index contributed by atoms with van der Waals surface area (Å²) in [6.45, 7) is 1.78. The number of aromatic nitrogens is 2. The third-order valence-corrected chi connectivity index (χ3v) is 4.00. The number of nitrogens with zero attached hydrogens (tertiary/aromatic N) is 4. The second-order valence-electron chi connectivity index (χ2n) is 5.73. The summed E-state index contributed by atoms with van der Waals surface area (Å²) >= 11 is 0. The molecule has 24 heavy (non-hydrogen) atoms. The highest BCUT2D eigenvalue weighted by Gasteiger charge is 2.25. The molecule has 1 aliphatic rings. The molecule has 0 bridgehead atoms. The normalized spacial score (nSPS) is 17.3. The first kappa shape index (κ1) is 16.1. The zero-order chi connectivity index (χ0) is 16.8. The van der Waals surface area contributed by atoms with Gasteiger partial charge in [0.1, 0.15) is 11.8 Å². The van der Waals surface area contributed by atoms with E-state index in [2.05, 4.69) is 9.97 Å². The molecule has 2 aromatic heterocycles. The molecule has 1 amide bonds. The van der Waals surface area contributed by atoms with Crippen molar-refractivity contribution in [1.82, 2.24) is 14.9 Å². The van der Waals surface area contributed by atoms with Crippen LogP contribution in [-0.4, -0.2) is 40.0 Å². The summed E-state index contributed by atoms with van der Waals surface area (Å²) in [5, 5.41) is 8.77. The predicted octanol–water partition coefficient (Wildman–Crippen LogP) is 2.17. The molecular formula is C18H18N4O2. The molecule has 1 atom stereocenters. The summed E-state index contributed by atoms with van der Waals surface area (Å²) in [5.41, 5.74) is 1.84. The van der Waals surface area contributed by atoms with Gasteiger partial charge in [-0.25, -0.2) is 4.98 Å². The predicted molar refractivity (Wildman–Crippen MR) is 86.9 cm³/mol. The van der Waals surface area contributed by atoms with Crippen LogP contribution in [-0.2, 0) is 11.3 Å². The van der Waals surface area contributed by atoms with Crippen molar-refractivity contribution in [2.45, 2.75) is 25.6 Å². The van der Waals surface area contributed by atoms with Crippen LogP contribution in [0.25, 0.3) is 0 Å². The third-order valence-electron chi connectivity index (χ3n) is 4.00. The quantitative estimate of drug-likeness (QED) is 0.862. The van der Waals surface area contributed by atoms with E-state index in [1.54, 1.807) is 29.4 Å². The fourth-order valence-corrected chi connectivity index (χ4v) is 2.73. The lowest BCUT2D eigenvalue weighted by atomic mass is 10.1. The van der Waals surface area contributed by atoms with Crippen LogP contribution in [0.3, 0.4) is 0 Å². The van der Waals surface area contributed by atoms with Gasteiger partial charge in [-0.1, -0.05) is 6.07 Å². The first-order valence-corrected chi connectivity index (χ1v) is 7.92. The number of piperidine rings is 1. The number of nitriles is 1. The third kappa shape index (κ3) is 3.94. The van der Waals surface area contributed by atoms with Crippen molar-refractivity contribution in [1.29, 1.82) is 5.26 Å². The molecule has 0 saturated carbocycles. The molecule has 0 radical (unpaired) electrons. The van der Waals surface area contributed by atoms with E-state index in [-0.39, 0.29) is 12.0 Å². The van der Waals surface area contributed by atoms with Crippen LogP contribution >= 0.6 is 0 Å². The van der Waals surface area contributed by atoms with Crippen LogP contribution in [0.15, 0.2) is 42.9 Å². The Bertz CT molecular complexity index is 725. The second kappa shape index (κ2) is 7.66. The van der Waals surface area contributed by atoms with Crippen LogP contribution in [0, 0.1) is 11.3 Å². The molecule has 3 heterocycles. The van der Waals surface area contributed by atoms with Crippen LogP contribution in [0.5, 0.6) is 0 Å². The summed E-state index contributed by atoms with van der Waals surface area (Å²) in [6.07, 6.45) is 6.85. The average molecular weight is 322 g/mol. The van der Waals surface area contributed by atoms with Crippen molar-refractivity contribution in [3.05, 3.63) is 59.7 Å². The van der Waals surface area contributed by atoms with E-state index in [0.29, 0.717) is 31.0 Å². The molecule has 0 aromatic carbocycles. The Labute approximate surface area is 140 Å². The summed E-state index contributed by atoms with van der Waals surface area (Å²) in [6, 6.07) is 9.02. The zero-order valence-electron chi connectivity index (χ0n) is 13.3. The molecule has 3 rings (SSSR count). The van der Waals surface area contributed by atoms with E-state index in [1.807, 2.05) is 18.2 Å². The van der Waals surface area contributed by atoms with Gasteiger partial charge in [-0.15, -0.1) is 0 Å². The minimum absolute atomic E-state index is 0.0225. The Morgan fingerprint density at radius 1 is 1.38 bits per heavy atom. The number of amides is 1. The van der Waals surface area contributed by atoms with Gasteiger partial charge < -0.3 is 9.64 Å². The van der Waals surface area contributed by atoms with E-state index < -0.39 is 0 Å². The highest BCUT2D eigenvalue weighted by molar-refractivity contribution is 5.94. The number of ether oxygens (including phenoxy) is 1. The standard InChI is InChI=1S/C18H18N4O2/c19-9-16-6-5-15(11-21-16)18(23)22-8-2-4-17(12-22)24-13-14-3-1-7-20-10-14/h1,3,5-7,10-11,17H,2,4,8,12-13H2/t17-/m1/s1. The molecule has 122 valence electrons. The number of hydrogen-bond acceptors (Lipinski definition) is 5. The van der Waals surface area contributed by atoms with Crippen molar-refractivity contribution in [2.75, 3.05) is 13.1 Å². The van der Waals surface area contributed by atoms with Crippen LogP contribution in [0.2, 0.25) is 0 Å². The van der Waals surface area contributed by atoms with E-state index in [0.717, 1.165) is 18.4 Å². The van der Waals surface area contributed by atoms with E-state index in [1.165, 1.54) is 6.20 Å². The molecule has 2 aromatic rings. The number of likely N-dealkylation sites (tertiary alicyclic amines) is 1. The fraction of sp³-hybridized carbons (Fsp3) is 0.333. The maximum atomic E-state index is 12.6. The van der Waals surface area contributed by atoms with E-state index in [9.17, 15) is 4.79 Å². The summed E-state index contributed by atoms with van der Waals surface area (Å²) < 4.78 is 5.93. The van der Waals surface area contributed by atoms with Gasteiger partial charge in [0.05, 0.1) is 18.3 Å². The van der Waals surface area contributed by atoms with Gasteiger partial charge >= 0.3 is 0 Å². The second-order valence-corrected chi connectivity index (χ2v) is 5.73. The number of hydrogen-bond donors (Lipinski definition) is 0. The van der Waals surface area contributed by atoms with Crippen molar-refractivity contribution < 1.29 is 9.53 Å². The Morgan fingerprint density at radius 2 is 2.29 bits per heavy atom. The molecule has 0 aliphatic carbocycles. The lowest BCUT2D eigenvalue weighted by Gasteiger charge is -2.32. The topological polar surface area (TPSA) is 79.1 Å². The van der Waals surface area contributed by atoms with Gasteiger partial charge in [0.2, 0.25) is 0 Å². The Balaban J connectivity index is 1.58. The highest BCUT2D eigenvalue weighted by atomic mass is 16.5. The highest BCUT2D eigenvalue weighted by Crippen LogP contribution is 2.17. The lowest BCUT2D eigenvalue weighted by molar-refractivity contribution is -0.00682. The minimum atomic E-state index is -0.0679. The van der Waals surface area contributed by atoms with Crippen molar-refractivity contribution >= 4 is 5.91 Å². The molecule has 6 heteroatoms. The number of carbonyl (C=O) groups excluding carboxylic acids is 1. The molecule has 1 aliphatic heterocycles. The van der Waals surface area contributed by atoms with Crippen molar-refractivity contribution in [3.63, 3.8) is 0 Å². The average Bonchev–Trinajstić information content (AvgIpc) is 2.67. The summed E-state index contributed by atoms with van der Waals surface area (Å²) in [7, 11) is 0. The van der Waals surface area contributed by atoms with Crippen LogP contribution < -0.4 is 0 Å². The summed E-state index contributed by atoms with van der Waals surface area (Å²) in [4.78, 5) is 22.4. The Hall–Kier alpha value is -2.78. The van der Waals surface area contributed by atoms with Gasteiger partial charge in [0.15, 0.2) is 0 Å². The SMILES string of the molecule is N#Cc1ccc(C(=O)N2CCC[C@@H](OCc3cccnc3)C2)cn1. The minimum Gasteiger partial charge on any atom is -0.372 e. The van der Waals surface area contributed by atoms with E-state index in [4.69, 9.17) is 10.00 Å². The maximum absolute atomic E-state index is 12.6. The maximum Gasteiger partial charge on any atom is 0.255 e. The van der Waals surface area contributed by atoms with Gasteiger partial charge in [-0.3, -0.25) is 9.78 Å². The van der Waals surface area contributed by atoms with Crippen molar-refractivity contribution in [3.8, 4) is 6.07 Å². The Kier molecular flexibility index (Phi) is 5.14. The van der Waals surface area contributed by atoms with Crippen LogP contribution in [0.4, 0.5) is 0 Å². The number of carbonyl (C=O) groups is 1. The zero-order valence-corrected chi connectivity index (χ0v) is 13.3. The summed E-state index contributed by atoms with van der Waals surface area (Å²) in [5.74, 6) is -0.0679.